The monoisotopic (exact) mass is 250 g/mol. The van der Waals surface area contributed by atoms with Crippen LogP contribution in [-0.2, 0) is 0 Å². The Hall–Kier alpha value is -0.0800. The topological polar surface area (TPSA) is 15.3 Å². The molecule has 0 aromatic rings. The lowest BCUT2D eigenvalue weighted by Crippen LogP contribution is -2.61. The maximum atomic E-state index is 3.82. The van der Waals surface area contributed by atoms with Crippen LogP contribution in [0.5, 0.6) is 0 Å². The van der Waals surface area contributed by atoms with Crippen molar-refractivity contribution in [1.82, 2.24) is 10.2 Å². The fourth-order valence-corrected chi connectivity index (χ4v) is 4.23. The average Bonchev–Trinajstić information content (AvgIpc) is 3.23. The molecule has 2 nitrogen and oxygen atoms in total. The molecule has 3 aliphatic rings. The first-order chi connectivity index (χ1) is 8.79. The number of hydrogen-bond acceptors (Lipinski definition) is 2. The second-order valence-electron chi connectivity index (χ2n) is 6.94. The van der Waals surface area contributed by atoms with E-state index in [-0.39, 0.29) is 0 Å². The Morgan fingerprint density at radius 2 is 1.89 bits per heavy atom. The summed E-state index contributed by atoms with van der Waals surface area (Å²) in [5.41, 5.74) is 0. The lowest BCUT2D eigenvalue weighted by Gasteiger charge is -2.48. The Morgan fingerprint density at radius 1 is 1.11 bits per heavy atom. The lowest BCUT2D eigenvalue weighted by atomic mass is 9.83. The molecule has 4 unspecified atom stereocenters. The summed E-state index contributed by atoms with van der Waals surface area (Å²) in [7, 11) is 0. The summed E-state index contributed by atoms with van der Waals surface area (Å²) in [6.45, 7) is 7.42. The molecule has 0 aromatic heterocycles. The fraction of sp³-hybridized carbons (Fsp3) is 1.00. The van der Waals surface area contributed by atoms with Crippen molar-refractivity contribution in [1.29, 1.82) is 0 Å². The van der Waals surface area contributed by atoms with Gasteiger partial charge in [-0.05, 0) is 43.9 Å². The zero-order valence-electron chi connectivity index (χ0n) is 12.2. The van der Waals surface area contributed by atoms with E-state index in [1.165, 1.54) is 58.0 Å². The highest BCUT2D eigenvalue weighted by Gasteiger charge is 2.40. The number of nitrogens with zero attached hydrogens (tertiary/aromatic N) is 1. The van der Waals surface area contributed by atoms with Crippen LogP contribution in [-0.4, -0.2) is 36.1 Å². The summed E-state index contributed by atoms with van der Waals surface area (Å²) < 4.78 is 0. The van der Waals surface area contributed by atoms with Crippen molar-refractivity contribution in [2.75, 3.05) is 13.1 Å². The Bertz CT molecular complexity index is 274. The second kappa shape index (κ2) is 5.50. The van der Waals surface area contributed by atoms with Crippen LogP contribution in [0, 0.1) is 11.8 Å². The van der Waals surface area contributed by atoms with Crippen molar-refractivity contribution >= 4 is 0 Å². The van der Waals surface area contributed by atoms with Crippen LogP contribution in [0.25, 0.3) is 0 Å². The smallest absolute Gasteiger partial charge is 0.0224 e. The van der Waals surface area contributed by atoms with Crippen molar-refractivity contribution in [3.63, 3.8) is 0 Å². The maximum Gasteiger partial charge on any atom is 0.0224 e. The van der Waals surface area contributed by atoms with E-state index in [1.54, 1.807) is 0 Å². The van der Waals surface area contributed by atoms with Gasteiger partial charge >= 0.3 is 0 Å². The number of hydrogen-bond donors (Lipinski definition) is 1. The molecule has 0 spiro atoms. The van der Waals surface area contributed by atoms with E-state index in [2.05, 4.69) is 24.1 Å². The zero-order chi connectivity index (χ0) is 12.5. The molecule has 2 saturated carbocycles. The van der Waals surface area contributed by atoms with E-state index in [4.69, 9.17) is 0 Å². The summed E-state index contributed by atoms with van der Waals surface area (Å²) in [5, 5.41) is 3.82. The van der Waals surface area contributed by atoms with E-state index in [0.717, 1.165) is 30.0 Å². The van der Waals surface area contributed by atoms with E-state index in [0.29, 0.717) is 0 Å². The predicted octanol–water partition coefficient (Wildman–Crippen LogP) is 3.03. The predicted molar refractivity (Wildman–Crippen MR) is 76.7 cm³/mol. The molecule has 1 N–H and O–H groups in total. The SMILES string of the molecule is CCC1CNC(C2CC2)CN1C1CCCCC1C. The van der Waals surface area contributed by atoms with Gasteiger partial charge in [0.15, 0.2) is 0 Å². The molecule has 2 aliphatic carbocycles. The normalized spacial score (nSPS) is 43.0. The quantitative estimate of drug-likeness (QED) is 0.828. The van der Waals surface area contributed by atoms with Crippen LogP contribution >= 0.6 is 0 Å². The van der Waals surface area contributed by atoms with Gasteiger partial charge in [-0.2, -0.15) is 0 Å². The third-order valence-corrected chi connectivity index (χ3v) is 5.65. The fourth-order valence-electron chi connectivity index (χ4n) is 4.23. The summed E-state index contributed by atoms with van der Waals surface area (Å²) in [5.74, 6) is 1.93. The molecule has 3 rings (SSSR count). The van der Waals surface area contributed by atoms with Crippen LogP contribution in [0.15, 0.2) is 0 Å². The van der Waals surface area contributed by atoms with Crippen LogP contribution in [0.2, 0.25) is 0 Å². The lowest BCUT2D eigenvalue weighted by molar-refractivity contribution is 0.0299. The third kappa shape index (κ3) is 2.60. The molecule has 18 heavy (non-hydrogen) atoms. The van der Waals surface area contributed by atoms with Gasteiger partial charge in [0.1, 0.15) is 0 Å². The van der Waals surface area contributed by atoms with Gasteiger partial charge in [-0.3, -0.25) is 4.90 Å². The van der Waals surface area contributed by atoms with Crippen LogP contribution in [0.4, 0.5) is 0 Å². The average molecular weight is 250 g/mol. The first-order valence-electron chi connectivity index (χ1n) is 8.28. The van der Waals surface area contributed by atoms with Gasteiger partial charge in [0.05, 0.1) is 0 Å². The summed E-state index contributed by atoms with van der Waals surface area (Å²) in [4.78, 5) is 2.91. The second-order valence-corrected chi connectivity index (χ2v) is 6.94. The molecular weight excluding hydrogens is 220 g/mol. The van der Waals surface area contributed by atoms with Crippen molar-refractivity contribution in [3.8, 4) is 0 Å². The van der Waals surface area contributed by atoms with Crippen molar-refractivity contribution in [2.45, 2.75) is 76.9 Å². The number of rotatable bonds is 3. The third-order valence-electron chi connectivity index (χ3n) is 5.65. The summed E-state index contributed by atoms with van der Waals surface area (Å²) in [6, 6.07) is 2.49. The molecule has 1 heterocycles. The summed E-state index contributed by atoms with van der Waals surface area (Å²) in [6.07, 6.45) is 10.1. The van der Waals surface area contributed by atoms with Crippen LogP contribution < -0.4 is 5.32 Å². The maximum absolute atomic E-state index is 3.82. The summed E-state index contributed by atoms with van der Waals surface area (Å²) >= 11 is 0. The molecule has 1 aliphatic heterocycles. The van der Waals surface area contributed by atoms with Crippen molar-refractivity contribution < 1.29 is 0 Å². The zero-order valence-corrected chi connectivity index (χ0v) is 12.2. The molecule has 0 radical (unpaired) electrons. The highest BCUT2D eigenvalue weighted by Crippen LogP contribution is 2.37. The van der Waals surface area contributed by atoms with Gasteiger partial charge in [0.25, 0.3) is 0 Å². The molecular formula is C16H30N2. The molecule has 4 atom stereocenters. The molecule has 3 fully saturated rings. The van der Waals surface area contributed by atoms with Crippen LogP contribution in [0.1, 0.15) is 58.8 Å². The van der Waals surface area contributed by atoms with Gasteiger partial charge in [-0.25, -0.2) is 0 Å². The van der Waals surface area contributed by atoms with Gasteiger partial charge < -0.3 is 5.32 Å². The van der Waals surface area contributed by atoms with Gasteiger partial charge in [-0.1, -0.05) is 26.7 Å². The minimum Gasteiger partial charge on any atom is -0.311 e. The van der Waals surface area contributed by atoms with E-state index in [9.17, 15) is 0 Å². The Morgan fingerprint density at radius 3 is 2.56 bits per heavy atom. The first-order valence-corrected chi connectivity index (χ1v) is 8.28. The molecule has 0 aromatic carbocycles. The van der Waals surface area contributed by atoms with E-state index in [1.807, 2.05) is 0 Å². The molecule has 2 heteroatoms. The Kier molecular flexibility index (Phi) is 3.95. The highest BCUT2D eigenvalue weighted by molar-refractivity contribution is 4.97. The van der Waals surface area contributed by atoms with Gasteiger partial charge in [0, 0.05) is 31.2 Å². The van der Waals surface area contributed by atoms with Gasteiger partial charge in [0.2, 0.25) is 0 Å². The van der Waals surface area contributed by atoms with Crippen molar-refractivity contribution in [3.05, 3.63) is 0 Å². The molecule has 0 bridgehead atoms. The Balaban J connectivity index is 1.68. The van der Waals surface area contributed by atoms with Crippen molar-refractivity contribution in [2.24, 2.45) is 11.8 Å². The number of nitrogens with one attached hydrogen (secondary N) is 1. The van der Waals surface area contributed by atoms with Gasteiger partial charge in [-0.15, -0.1) is 0 Å². The minimum atomic E-state index is 0.797. The minimum absolute atomic E-state index is 0.797. The highest BCUT2D eigenvalue weighted by atomic mass is 15.3. The first kappa shape index (κ1) is 12.9. The standard InChI is InChI=1S/C16H30N2/c1-3-14-10-17-15(13-8-9-13)11-18(14)16-7-5-4-6-12(16)2/h12-17H,3-11H2,1-2H3. The van der Waals surface area contributed by atoms with Crippen LogP contribution in [0.3, 0.4) is 0 Å². The molecule has 1 saturated heterocycles. The van der Waals surface area contributed by atoms with E-state index >= 15 is 0 Å². The largest absolute Gasteiger partial charge is 0.311 e. The number of piperazine rings is 1. The molecule has 0 amide bonds. The van der Waals surface area contributed by atoms with E-state index < -0.39 is 0 Å². The molecule has 104 valence electrons. The Labute approximate surface area is 113 Å².